The number of hydrogen-bond donors (Lipinski definition) is 0. The number of carbonyl (C=O) groups is 2. The van der Waals surface area contributed by atoms with E-state index in [4.69, 9.17) is 18.9 Å². The zero-order chi connectivity index (χ0) is 23.0. The Kier molecular flexibility index (Phi) is 7.49. The predicted molar refractivity (Wildman–Crippen MR) is 120 cm³/mol. The van der Waals surface area contributed by atoms with Crippen LogP contribution in [0.25, 0.3) is 0 Å². The topological polar surface area (TPSA) is 71.1 Å². The van der Waals surface area contributed by atoms with E-state index in [9.17, 15) is 9.59 Å². The molecule has 0 unspecified atom stereocenters. The van der Waals surface area contributed by atoms with Crippen molar-refractivity contribution in [1.29, 1.82) is 0 Å². The van der Waals surface area contributed by atoms with Gasteiger partial charge in [0, 0.05) is 5.41 Å². The first-order valence-electron chi connectivity index (χ1n) is 10.4. The number of rotatable bonds is 7. The van der Waals surface area contributed by atoms with Crippen LogP contribution in [-0.4, -0.2) is 25.5 Å². The zero-order valence-corrected chi connectivity index (χ0v) is 18.4. The van der Waals surface area contributed by atoms with Gasteiger partial charge < -0.3 is 18.9 Å². The van der Waals surface area contributed by atoms with Crippen LogP contribution in [0.2, 0.25) is 0 Å². The van der Waals surface area contributed by atoms with Crippen molar-refractivity contribution in [2.45, 2.75) is 26.2 Å². The molecule has 0 saturated heterocycles. The second-order valence-corrected chi connectivity index (χ2v) is 7.11. The fraction of sp³-hybridized carbons (Fsp3) is 0.231. The Hall–Kier alpha value is -3.80. The van der Waals surface area contributed by atoms with E-state index in [0.717, 1.165) is 16.7 Å². The van der Waals surface area contributed by atoms with Crippen LogP contribution in [0, 0.1) is 0 Å². The highest BCUT2D eigenvalue weighted by Gasteiger charge is 2.31. The molecule has 0 heterocycles. The molecule has 166 valence electrons. The first kappa shape index (κ1) is 22.9. The van der Waals surface area contributed by atoms with Crippen molar-refractivity contribution in [2.75, 3.05) is 13.2 Å². The summed E-state index contributed by atoms with van der Waals surface area (Å²) < 4.78 is 20.0. The number of benzene rings is 3. The summed E-state index contributed by atoms with van der Waals surface area (Å²) in [5, 5.41) is 0. The maximum Gasteiger partial charge on any atom is 0.513 e. The maximum atomic E-state index is 11.6. The van der Waals surface area contributed by atoms with E-state index >= 15 is 0 Å². The standard InChI is InChI=1S/C26H26O6/c1-4-29-24(27)31-22-15-11-20(12-16-22)26(3,19-9-7-6-8-10-19)21-13-17-23(18-14-21)32-25(28)30-5-2/h6-18H,4-5H2,1-3H3. The van der Waals surface area contributed by atoms with Crippen LogP contribution in [0.3, 0.4) is 0 Å². The quantitative estimate of drug-likeness (QED) is 0.254. The largest absolute Gasteiger partial charge is 0.513 e. The lowest BCUT2D eigenvalue weighted by Crippen LogP contribution is -2.25. The van der Waals surface area contributed by atoms with Gasteiger partial charge in [-0.2, -0.15) is 0 Å². The molecule has 0 radical (unpaired) electrons. The molecule has 0 amide bonds. The van der Waals surface area contributed by atoms with Crippen molar-refractivity contribution in [1.82, 2.24) is 0 Å². The van der Waals surface area contributed by atoms with Crippen molar-refractivity contribution in [3.63, 3.8) is 0 Å². The number of hydrogen-bond acceptors (Lipinski definition) is 6. The third kappa shape index (κ3) is 5.27. The van der Waals surface area contributed by atoms with E-state index in [1.54, 1.807) is 38.1 Å². The van der Waals surface area contributed by atoms with Gasteiger partial charge in [0.1, 0.15) is 11.5 Å². The molecule has 3 rings (SSSR count). The Morgan fingerprint density at radius 1 is 0.625 bits per heavy atom. The molecule has 0 aliphatic heterocycles. The normalized spacial score (nSPS) is 10.8. The average Bonchev–Trinajstić information content (AvgIpc) is 2.80. The summed E-state index contributed by atoms with van der Waals surface area (Å²) >= 11 is 0. The van der Waals surface area contributed by atoms with E-state index in [0.29, 0.717) is 11.5 Å². The van der Waals surface area contributed by atoms with E-state index < -0.39 is 17.7 Å². The second-order valence-electron chi connectivity index (χ2n) is 7.11. The maximum absolute atomic E-state index is 11.6. The van der Waals surface area contributed by atoms with Gasteiger partial charge in [-0.25, -0.2) is 9.59 Å². The third-order valence-electron chi connectivity index (χ3n) is 5.14. The molecule has 3 aromatic rings. The number of ether oxygens (including phenoxy) is 4. The smallest absolute Gasteiger partial charge is 0.434 e. The van der Waals surface area contributed by atoms with Gasteiger partial charge in [-0.1, -0.05) is 54.6 Å². The molecular formula is C26H26O6. The molecule has 0 saturated carbocycles. The Balaban J connectivity index is 1.94. The molecule has 0 spiro atoms. The Labute approximate surface area is 187 Å². The minimum Gasteiger partial charge on any atom is -0.434 e. The molecule has 3 aromatic carbocycles. The van der Waals surface area contributed by atoms with Gasteiger partial charge in [-0.3, -0.25) is 0 Å². The summed E-state index contributed by atoms with van der Waals surface area (Å²) in [6, 6.07) is 24.7. The van der Waals surface area contributed by atoms with E-state index in [1.807, 2.05) is 42.5 Å². The highest BCUT2D eigenvalue weighted by atomic mass is 16.7. The molecule has 32 heavy (non-hydrogen) atoms. The van der Waals surface area contributed by atoms with Crippen molar-refractivity contribution in [3.05, 3.63) is 95.6 Å². The summed E-state index contributed by atoms with van der Waals surface area (Å²) in [6.07, 6.45) is -1.47. The minimum atomic E-state index is -0.733. The fourth-order valence-corrected chi connectivity index (χ4v) is 3.47. The molecule has 0 bridgehead atoms. The molecule has 0 atom stereocenters. The van der Waals surface area contributed by atoms with Gasteiger partial charge in [-0.15, -0.1) is 0 Å². The van der Waals surface area contributed by atoms with E-state index in [-0.39, 0.29) is 13.2 Å². The van der Waals surface area contributed by atoms with Crippen LogP contribution >= 0.6 is 0 Å². The lowest BCUT2D eigenvalue weighted by molar-refractivity contribution is 0.103. The monoisotopic (exact) mass is 434 g/mol. The first-order valence-corrected chi connectivity index (χ1v) is 10.4. The predicted octanol–water partition coefficient (Wildman–Crippen LogP) is 6.11. The van der Waals surface area contributed by atoms with Gasteiger partial charge >= 0.3 is 12.3 Å². The summed E-state index contributed by atoms with van der Waals surface area (Å²) in [5.74, 6) is 0.807. The lowest BCUT2D eigenvalue weighted by atomic mass is 9.71. The van der Waals surface area contributed by atoms with Crippen molar-refractivity contribution >= 4 is 12.3 Å². The van der Waals surface area contributed by atoms with Gasteiger partial charge in [0.25, 0.3) is 0 Å². The van der Waals surface area contributed by atoms with Gasteiger partial charge in [-0.05, 0) is 61.7 Å². The molecule has 6 nitrogen and oxygen atoms in total. The summed E-state index contributed by atoms with van der Waals surface area (Å²) in [4.78, 5) is 23.2. The second kappa shape index (κ2) is 10.5. The van der Waals surface area contributed by atoms with Crippen LogP contribution in [0.1, 0.15) is 37.5 Å². The van der Waals surface area contributed by atoms with Gasteiger partial charge in [0.2, 0.25) is 0 Å². The number of carbonyl (C=O) groups excluding carboxylic acids is 2. The Morgan fingerprint density at radius 3 is 1.38 bits per heavy atom. The molecule has 0 aliphatic carbocycles. The Morgan fingerprint density at radius 2 is 1.00 bits per heavy atom. The molecule has 0 aliphatic rings. The van der Waals surface area contributed by atoms with Gasteiger partial charge in [0.05, 0.1) is 13.2 Å². The summed E-state index contributed by atoms with van der Waals surface area (Å²) in [5.41, 5.74) is 2.57. The first-order chi connectivity index (χ1) is 15.5. The van der Waals surface area contributed by atoms with E-state index in [1.165, 1.54) is 0 Å². The van der Waals surface area contributed by atoms with Crippen LogP contribution in [0.5, 0.6) is 11.5 Å². The molecule has 0 fully saturated rings. The molecular weight excluding hydrogens is 408 g/mol. The van der Waals surface area contributed by atoms with Crippen LogP contribution in [-0.2, 0) is 14.9 Å². The van der Waals surface area contributed by atoms with Crippen molar-refractivity contribution < 1.29 is 28.5 Å². The average molecular weight is 434 g/mol. The third-order valence-corrected chi connectivity index (χ3v) is 5.14. The highest BCUT2D eigenvalue weighted by molar-refractivity contribution is 5.64. The SMILES string of the molecule is CCOC(=O)Oc1ccc(C(C)(c2ccccc2)c2ccc(OC(=O)OCC)cc2)cc1. The Bertz CT molecular complexity index is 963. The van der Waals surface area contributed by atoms with Crippen molar-refractivity contribution in [3.8, 4) is 11.5 Å². The summed E-state index contributed by atoms with van der Waals surface area (Å²) in [6.45, 7) is 6.06. The molecule has 0 aromatic heterocycles. The van der Waals surface area contributed by atoms with E-state index in [2.05, 4.69) is 19.1 Å². The fourth-order valence-electron chi connectivity index (χ4n) is 3.47. The lowest BCUT2D eigenvalue weighted by Gasteiger charge is -2.32. The minimum absolute atomic E-state index is 0.249. The molecule has 6 heteroatoms. The van der Waals surface area contributed by atoms with Crippen LogP contribution < -0.4 is 9.47 Å². The summed E-state index contributed by atoms with van der Waals surface area (Å²) in [7, 11) is 0. The zero-order valence-electron chi connectivity index (χ0n) is 18.4. The van der Waals surface area contributed by atoms with Crippen LogP contribution in [0.4, 0.5) is 9.59 Å². The van der Waals surface area contributed by atoms with Crippen molar-refractivity contribution in [2.24, 2.45) is 0 Å². The molecule has 0 N–H and O–H groups in total. The van der Waals surface area contributed by atoms with Crippen LogP contribution in [0.15, 0.2) is 78.9 Å². The highest BCUT2D eigenvalue weighted by Crippen LogP contribution is 2.39. The van der Waals surface area contributed by atoms with Gasteiger partial charge in [0.15, 0.2) is 0 Å².